The van der Waals surface area contributed by atoms with Gasteiger partial charge in [-0.2, -0.15) is 0 Å². The van der Waals surface area contributed by atoms with Crippen molar-refractivity contribution < 1.29 is 19.1 Å². The number of carbonyl (C=O) groups is 2. The standard InChI is InChI=1S/C21H22N4O4/c1-3-20(2)17(26)25(19(27)24-20)13-11-22-18(23-12-13)29-15-6-4-5-14-16(15)21(7-8-21)9-10-28-14/h4-6,11-12H,3,7-10H2,1-2H3,(H,24,27)/t20-/m1/s1. The van der Waals surface area contributed by atoms with Crippen molar-refractivity contribution in [2.24, 2.45) is 0 Å². The molecule has 1 aromatic carbocycles. The van der Waals surface area contributed by atoms with Crippen LogP contribution in [0.5, 0.6) is 17.5 Å². The molecule has 0 radical (unpaired) electrons. The number of nitrogens with zero attached hydrogens (tertiary/aromatic N) is 3. The molecule has 1 aromatic heterocycles. The molecule has 1 spiro atoms. The van der Waals surface area contributed by atoms with Gasteiger partial charge in [0.2, 0.25) is 0 Å². The van der Waals surface area contributed by atoms with E-state index in [1.165, 1.54) is 12.4 Å². The van der Waals surface area contributed by atoms with Gasteiger partial charge in [0.25, 0.3) is 5.91 Å². The zero-order valence-corrected chi connectivity index (χ0v) is 16.4. The van der Waals surface area contributed by atoms with Crippen LogP contribution in [0.25, 0.3) is 0 Å². The minimum Gasteiger partial charge on any atom is -0.493 e. The highest BCUT2D eigenvalue weighted by atomic mass is 16.5. The third kappa shape index (κ3) is 2.73. The molecule has 3 aliphatic rings. The van der Waals surface area contributed by atoms with E-state index in [-0.39, 0.29) is 17.3 Å². The van der Waals surface area contributed by atoms with E-state index in [0.717, 1.165) is 42.1 Å². The van der Waals surface area contributed by atoms with Crippen molar-refractivity contribution in [3.8, 4) is 17.5 Å². The van der Waals surface area contributed by atoms with Crippen LogP contribution in [0.4, 0.5) is 10.5 Å². The molecule has 2 aromatic rings. The number of ether oxygens (including phenoxy) is 2. The third-order valence-electron chi connectivity index (χ3n) is 6.25. The highest BCUT2D eigenvalue weighted by molar-refractivity contribution is 6.23. The fraction of sp³-hybridized carbons (Fsp3) is 0.429. The second-order valence-electron chi connectivity index (χ2n) is 8.09. The molecule has 8 heteroatoms. The minimum atomic E-state index is -0.909. The molecule has 1 N–H and O–H groups in total. The van der Waals surface area contributed by atoms with E-state index < -0.39 is 11.6 Å². The quantitative estimate of drug-likeness (QED) is 0.800. The first-order valence-electron chi connectivity index (χ1n) is 9.89. The summed E-state index contributed by atoms with van der Waals surface area (Å²) in [5, 5.41) is 2.72. The Morgan fingerprint density at radius 3 is 2.62 bits per heavy atom. The molecule has 150 valence electrons. The van der Waals surface area contributed by atoms with Gasteiger partial charge in [-0.05, 0) is 44.7 Å². The van der Waals surface area contributed by atoms with E-state index >= 15 is 0 Å². The Morgan fingerprint density at radius 2 is 1.97 bits per heavy atom. The zero-order valence-electron chi connectivity index (χ0n) is 16.4. The largest absolute Gasteiger partial charge is 0.493 e. The molecule has 1 saturated heterocycles. The molecule has 2 fully saturated rings. The van der Waals surface area contributed by atoms with Gasteiger partial charge in [-0.3, -0.25) is 4.79 Å². The second kappa shape index (κ2) is 6.17. The summed E-state index contributed by atoms with van der Waals surface area (Å²) in [5.41, 5.74) is 0.642. The van der Waals surface area contributed by atoms with Crippen molar-refractivity contribution in [1.29, 1.82) is 0 Å². The Labute approximate surface area is 168 Å². The van der Waals surface area contributed by atoms with Gasteiger partial charge in [0.05, 0.1) is 24.7 Å². The van der Waals surface area contributed by atoms with Crippen LogP contribution in [0.1, 0.15) is 45.1 Å². The topological polar surface area (TPSA) is 93.7 Å². The summed E-state index contributed by atoms with van der Waals surface area (Å²) >= 11 is 0. The van der Waals surface area contributed by atoms with E-state index in [9.17, 15) is 9.59 Å². The van der Waals surface area contributed by atoms with Gasteiger partial charge in [-0.25, -0.2) is 19.7 Å². The Balaban J connectivity index is 1.41. The molecule has 1 atom stereocenters. The second-order valence-corrected chi connectivity index (χ2v) is 8.09. The average molecular weight is 394 g/mol. The number of nitrogens with one attached hydrogen (secondary N) is 1. The molecular weight excluding hydrogens is 372 g/mol. The molecular formula is C21H22N4O4. The van der Waals surface area contributed by atoms with E-state index in [0.29, 0.717) is 17.9 Å². The number of amides is 3. The Hall–Kier alpha value is -3.16. The van der Waals surface area contributed by atoms with E-state index in [1.807, 2.05) is 25.1 Å². The maximum Gasteiger partial charge on any atom is 0.329 e. The molecule has 0 bridgehead atoms. The first-order valence-corrected chi connectivity index (χ1v) is 9.89. The van der Waals surface area contributed by atoms with Crippen LogP contribution in [-0.2, 0) is 10.2 Å². The van der Waals surface area contributed by atoms with Crippen molar-refractivity contribution in [2.75, 3.05) is 11.5 Å². The van der Waals surface area contributed by atoms with E-state index in [2.05, 4.69) is 15.3 Å². The van der Waals surface area contributed by atoms with E-state index in [1.54, 1.807) is 6.92 Å². The van der Waals surface area contributed by atoms with Crippen LogP contribution in [0.2, 0.25) is 0 Å². The number of rotatable bonds is 4. The number of benzene rings is 1. The Bertz CT molecular complexity index is 1000. The lowest BCUT2D eigenvalue weighted by Gasteiger charge is -2.27. The number of anilines is 1. The maximum absolute atomic E-state index is 12.6. The molecule has 3 amide bonds. The number of carbonyl (C=O) groups excluding carboxylic acids is 2. The molecule has 1 aliphatic carbocycles. The normalized spacial score (nSPS) is 24.1. The summed E-state index contributed by atoms with van der Waals surface area (Å²) in [4.78, 5) is 34.4. The fourth-order valence-electron chi connectivity index (χ4n) is 4.11. The molecule has 0 unspecified atom stereocenters. The smallest absolute Gasteiger partial charge is 0.329 e. The van der Waals surface area contributed by atoms with Gasteiger partial charge in [-0.15, -0.1) is 0 Å². The number of imide groups is 1. The summed E-state index contributed by atoms with van der Waals surface area (Å²) in [7, 11) is 0. The van der Waals surface area contributed by atoms with Gasteiger partial charge in [0.1, 0.15) is 17.0 Å². The van der Waals surface area contributed by atoms with Crippen molar-refractivity contribution in [1.82, 2.24) is 15.3 Å². The van der Waals surface area contributed by atoms with Crippen LogP contribution in [0, 0.1) is 0 Å². The molecule has 2 aliphatic heterocycles. The van der Waals surface area contributed by atoms with Gasteiger partial charge in [-0.1, -0.05) is 13.0 Å². The number of hydrogen-bond donors (Lipinski definition) is 1. The highest BCUT2D eigenvalue weighted by Gasteiger charge is 2.50. The van der Waals surface area contributed by atoms with Gasteiger partial charge in [0, 0.05) is 11.0 Å². The van der Waals surface area contributed by atoms with Gasteiger partial charge >= 0.3 is 12.0 Å². The van der Waals surface area contributed by atoms with Crippen molar-refractivity contribution in [3.05, 3.63) is 36.2 Å². The predicted octanol–water partition coefficient (Wildman–Crippen LogP) is 3.31. The van der Waals surface area contributed by atoms with Crippen molar-refractivity contribution >= 4 is 17.6 Å². The number of fused-ring (bicyclic) bond motifs is 2. The fourth-order valence-corrected chi connectivity index (χ4v) is 4.11. The molecule has 3 heterocycles. The molecule has 1 saturated carbocycles. The predicted molar refractivity (Wildman–Crippen MR) is 104 cm³/mol. The van der Waals surface area contributed by atoms with Crippen LogP contribution in [0.3, 0.4) is 0 Å². The molecule has 8 nitrogen and oxygen atoms in total. The lowest BCUT2D eigenvalue weighted by atomic mass is 9.89. The van der Waals surface area contributed by atoms with Crippen LogP contribution in [-0.4, -0.2) is 34.1 Å². The first-order chi connectivity index (χ1) is 14.0. The Morgan fingerprint density at radius 1 is 1.21 bits per heavy atom. The summed E-state index contributed by atoms with van der Waals surface area (Å²) in [5.74, 6) is 1.24. The summed E-state index contributed by atoms with van der Waals surface area (Å²) in [6, 6.07) is 5.45. The van der Waals surface area contributed by atoms with Crippen LogP contribution in [0.15, 0.2) is 30.6 Å². The number of hydrogen-bond acceptors (Lipinski definition) is 6. The highest BCUT2D eigenvalue weighted by Crippen LogP contribution is 2.59. The zero-order chi connectivity index (χ0) is 20.2. The number of urea groups is 1. The summed E-state index contributed by atoms with van der Waals surface area (Å²) < 4.78 is 11.8. The van der Waals surface area contributed by atoms with Crippen LogP contribution < -0.4 is 19.7 Å². The van der Waals surface area contributed by atoms with Gasteiger partial charge < -0.3 is 14.8 Å². The monoisotopic (exact) mass is 394 g/mol. The summed E-state index contributed by atoms with van der Waals surface area (Å²) in [6.45, 7) is 4.29. The number of aromatic nitrogens is 2. The summed E-state index contributed by atoms with van der Waals surface area (Å²) in [6.07, 6.45) is 6.61. The Kier molecular flexibility index (Phi) is 3.81. The van der Waals surface area contributed by atoms with E-state index in [4.69, 9.17) is 9.47 Å². The maximum atomic E-state index is 12.6. The van der Waals surface area contributed by atoms with Crippen molar-refractivity contribution in [2.45, 2.75) is 50.5 Å². The third-order valence-corrected chi connectivity index (χ3v) is 6.25. The van der Waals surface area contributed by atoms with Crippen molar-refractivity contribution in [3.63, 3.8) is 0 Å². The molecule has 29 heavy (non-hydrogen) atoms. The average Bonchev–Trinajstić information content (AvgIpc) is 3.44. The first kappa shape index (κ1) is 17.9. The minimum absolute atomic E-state index is 0.148. The lowest BCUT2D eigenvalue weighted by Crippen LogP contribution is -2.43. The lowest BCUT2D eigenvalue weighted by molar-refractivity contribution is -0.121. The SMILES string of the molecule is CC[C@@]1(C)NC(=O)N(c2cnc(Oc3cccc4c3C3(CCO4)CC3)nc2)C1=O. The van der Waals surface area contributed by atoms with Gasteiger partial charge in [0.15, 0.2) is 0 Å². The van der Waals surface area contributed by atoms with Crippen LogP contribution >= 0.6 is 0 Å². The molecule has 5 rings (SSSR count).